The molecule has 0 spiro atoms. The highest BCUT2D eigenvalue weighted by Crippen LogP contribution is 2.45. The fraction of sp³-hybridized carbons (Fsp3) is 0.280. The van der Waals surface area contributed by atoms with Gasteiger partial charge in [-0.15, -0.1) is 0 Å². The van der Waals surface area contributed by atoms with Gasteiger partial charge in [0, 0.05) is 37.3 Å². The Morgan fingerprint density at radius 3 is 2.27 bits per heavy atom. The minimum absolute atomic E-state index is 0.297. The first kappa shape index (κ1) is 21.2. The van der Waals surface area contributed by atoms with Crippen molar-refractivity contribution in [1.82, 2.24) is 14.9 Å². The van der Waals surface area contributed by atoms with Crippen molar-refractivity contribution in [1.29, 1.82) is 0 Å². The van der Waals surface area contributed by atoms with Crippen LogP contribution in [0.25, 0.3) is 33.6 Å². The number of ether oxygens (including phenoxy) is 2. The summed E-state index contributed by atoms with van der Waals surface area (Å²) >= 11 is 0. The van der Waals surface area contributed by atoms with Gasteiger partial charge in [0.2, 0.25) is 5.71 Å². The van der Waals surface area contributed by atoms with E-state index in [4.69, 9.17) is 13.9 Å². The van der Waals surface area contributed by atoms with Crippen LogP contribution in [0.1, 0.15) is 0 Å². The number of fused-ring (bicyclic) bond motifs is 1. The number of nitrogens with zero attached hydrogens (tertiary/aromatic N) is 4. The summed E-state index contributed by atoms with van der Waals surface area (Å²) in [5.74, 6) is 2.36. The summed E-state index contributed by atoms with van der Waals surface area (Å²) in [4.78, 5) is 13.6. The van der Waals surface area contributed by atoms with Crippen LogP contribution in [0.5, 0.6) is 11.5 Å². The molecule has 0 radical (unpaired) electrons. The molecule has 2 aromatic carbocycles. The van der Waals surface area contributed by atoms with Crippen LogP contribution < -0.4 is 14.4 Å². The van der Waals surface area contributed by atoms with Gasteiger partial charge in [-0.1, -0.05) is 12.1 Å². The number of likely N-dealkylation sites (N-methyl/N-ethyl adjacent to an activating group) is 1. The summed E-state index contributed by atoms with van der Waals surface area (Å²) in [6, 6.07) is 12.0. The van der Waals surface area contributed by atoms with Gasteiger partial charge in [-0.05, 0) is 42.9 Å². The van der Waals surface area contributed by atoms with E-state index in [0.29, 0.717) is 23.0 Å². The predicted molar refractivity (Wildman–Crippen MR) is 125 cm³/mol. The van der Waals surface area contributed by atoms with E-state index in [1.165, 1.54) is 18.5 Å². The quantitative estimate of drug-likeness (QED) is 0.447. The van der Waals surface area contributed by atoms with E-state index in [1.807, 2.05) is 18.2 Å². The first-order valence-corrected chi connectivity index (χ1v) is 10.8. The van der Waals surface area contributed by atoms with Crippen LogP contribution >= 0.6 is 0 Å². The minimum Gasteiger partial charge on any atom is -0.493 e. The standard InChI is InChI=1S/C25H25FN4O3/c1-29-10-12-30(13-11-29)24-22-21(16-4-7-18(26)8-5-16)23(33-25(22)28-15-27-24)17-6-9-19(31-2)20(14-17)32-3/h4-9,14-15H,10-13H2,1-3H3. The molecule has 1 aliphatic rings. The van der Waals surface area contributed by atoms with E-state index in [1.54, 1.807) is 26.4 Å². The van der Waals surface area contributed by atoms with Gasteiger partial charge in [0.1, 0.15) is 23.7 Å². The van der Waals surface area contributed by atoms with Crippen molar-refractivity contribution in [3.63, 3.8) is 0 Å². The molecule has 8 heteroatoms. The van der Waals surface area contributed by atoms with Crippen LogP contribution in [0, 0.1) is 5.82 Å². The van der Waals surface area contributed by atoms with Gasteiger partial charge < -0.3 is 23.7 Å². The Balaban J connectivity index is 1.75. The monoisotopic (exact) mass is 448 g/mol. The highest BCUT2D eigenvalue weighted by Gasteiger charge is 2.26. The third kappa shape index (κ3) is 3.87. The molecular weight excluding hydrogens is 423 g/mol. The molecule has 1 aliphatic heterocycles. The molecule has 2 aromatic heterocycles. The van der Waals surface area contributed by atoms with Crippen molar-refractivity contribution in [2.75, 3.05) is 52.3 Å². The summed E-state index contributed by atoms with van der Waals surface area (Å²) in [7, 11) is 5.31. The molecule has 33 heavy (non-hydrogen) atoms. The van der Waals surface area contributed by atoms with Crippen LogP contribution in [0.3, 0.4) is 0 Å². The lowest BCUT2D eigenvalue weighted by Crippen LogP contribution is -2.44. The largest absolute Gasteiger partial charge is 0.493 e. The molecule has 0 bridgehead atoms. The third-order valence-electron chi connectivity index (χ3n) is 6.05. The lowest BCUT2D eigenvalue weighted by molar-refractivity contribution is 0.312. The van der Waals surface area contributed by atoms with Crippen LogP contribution in [0.15, 0.2) is 53.2 Å². The third-order valence-corrected chi connectivity index (χ3v) is 6.05. The number of rotatable bonds is 5. The smallest absolute Gasteiger partial charge is 0.232 e. The van der Waals surface area contributed by atoms with Crippen LogP contribution in [0.2, 0.25) is 0 Å². The second-order valence-electron chi connectivity index (χ2n) is 8.05. The molecule has 7 nitrogen and oxygen atoms in total. The zero-order valence-electron chi connectivity index (χ0n) is 18.8. The van der Waals surface area contributed by atoms with Crippen molar-refractivity contribution in [3.05, 3.63) is 54.6 Å². The summed E-state index contributed by atoms with van der Waals surface area (Å²) in [6.45, 7) is 3.58. The zero-order chi connectivity index (χ0) is 22.9. The summed E-state index contributed by atoms with van der Waals surface area (Å²) in [6.07, 6.45) is 1.53. The molecule has 0 amide bonds. The highest BCUT2D eigenvalue weighted by atomic mass is 19.1. The second-order valence-corrected chi connectivity index (χ2v) is 8.05. The van der Waals surface area contributed by atoms with Gasteiger partial charge in [0.15, 0.2) is 11.5 Å². The van der Waals surface area contributed by atoms with Crippen LogP contribution in [-0.4, -0.2) is 62.3 Å². The molecule has 1 saturated heterocycles. The number of hydrogen-bond donors (Lipinski definition) is 0. The number of benzene rings is 2. The van der Waals surface area contributed by atoms with Crippen LogP contribution in [0.4, 0.5) is 10.2 Å². The highest BCUT2D eigenvalue weighted by molar-refractivity contribution is 6.06. The van der Waals surface area contributed by atoms with E-state index in [9.17, 15) is 4.39 Å². The van der Waals surface area contributed by atoms with Crippen molar-refractivity contribution in [2.45, 2.75) is 0 Å². The number of halogens is 1. The number of piperazine rings is 1. The van der Waals surface area contributed by atoms with Gasteiger partial charge in [-0.3, -0.25) is 0 Å². The number of aromatic nitrogens is 2. The molecule has 3 heterocycles. The molecule has 0 aliphatic carbocycles. The number of methoxy groups -OCH3 is 2. The average Bonchev–Trinajstić information content (AvgIpc) is 3.24. The van der Waals surface area contributed by atoms with E-state index in [0.717, 1.165) is 54.1 Å². The minimum atomic E-state index is -0.297. The van der Waals surface area contributed by atoms with Crippen LogP contribution in [-0.2, 0) is 0 Å². The van der Waals surface area contributed by atoms with E-state index >= 15 is 0 Å². The fourth-order valence-electron chi connectivity index (χ4n) is 4.25. The Labute approximate surface area is 191 Å². The molecule has 4 aromatic rings. The van der Waals surface area contributed by atoms with Crippen molar-refractivity contribution in [2.24, 2.45) is 0 Å². The Hall–Kier alpha value is -3.65. The molecule has 0 atom stereocenters. The zero-order valence-corrected chi connectivity index (χ0v) is 18.8. The van der Waals surface area contributed by atoms with E-state index in [-0.39, 0.29) is 5.82 Å². The first-order valence-electron chi connectivity index (χ1n) is 10.8. The molecule has 0 unspecified atom stereocenters. The molecule has 170 valence electrons. The van der Waals surface area contributed by atoms with Gasteiger partial charge in [-0.25, -0.2) is 14.4 Å². The van der Waals surface area contributed by atoms with E-state index in [2.05, 4.69) is 26.8 Å². The van der Waals surface area contributed by atoms with Crippen molar-refractivity contribution < 1.29 is 18.3 Å². The first-order chi connectivity index (χ1) is 16.1. The molecular formula is C25H25FN4O3. The maximum absolute atomic E-state index is 13.8. The SMILES string of the molecule is COc1ccc(-c2oc3ncnc(N4CCN(C)CC4)c3c2-c2ccc(F)cc2)cc1OC. The maximum Gasteiger partial charge on any atom is 0.232 e. The predicted octanol–water partition coefficient (Wildman–Crippen LogP) is 4.46. The number of anilines is 1. The Morgan fingerprint density at radius 1 is 0.879 bits per heavy atom. The fourth-order valence-corrected chi connectivity index (χ4v) is 4.25. The number of hydrogen-bond acceptors (Lipinski definition) is 7. The van der Waals surface area contributed by atoms with Gasteiger partial charge in [0.25, 0.3) is 0 Å². The topological polar surface area (TPSA) is 63.9 Å². The molecule has 0 N–H and O–H groups in total. The Bertz CT molecular complexity index is 1280. The normalized spacial score (nSPS) is 14.6. The second kappa shape index (κ2) is 8.71. The molecule has 5 rings (SSSR count). The van der Waals surface area contributed by atoms with Gasteiger partial charge in [-0.2, -0.15) is 0 Å². The average molecular weight is 448 g/mol. The van der Waals surface area contributed by atoms with Crippen molar-refractivity contribution >= 4 is 16.9 Å². The summed E-state index contributed by atoms with van der Waals surface area (Å²) in [5.41, 5.74) is 2.94. The Kier molecular flexibility index (Phi) is 5.60. The van der Waals surface area contributed by atoms with E-state index < -0.39 is 0 Å². The summed E-state index contributed by atoms with van der Waals surface area (Å²) in [5, 5.41) is 0.818. The Morgan fingerprint density at radius 2 is 1.58 bits per heavy atom. The van der Waals surface area contributed by atoms with Gasteiger partial charge in [0.05, 0.1) is 19.6 Å². The molecule has 1 fully saturated rings. The lowest BCUT2D eigenvalue weighted by Gasteiger charge is -2.33. The molecule has 0 saturated carbocycles. The number of furan rings is 1. The lowest BCUT2D eigenvalue weighted by atomic mass is 9.98. The maximum atomic E-state index is 13.8. The summed E-state index contributed by atoms with van der Waals surface area (Å²) < 4.78 is 31.0. The van der Waals surface area contributed by atoms with Gasteiger partial charge >= 0.3 is 0 Å². The van der Waals surface area contributed by atoms with Crippen molar-refractivity contribution in [3.8, 4) is 33.9 Å².